The SMILES string of the molecule is COc1cc(C#N)ccc1OC(=O)CCn1c(C)csc1=O. The summed E-state index contributed by atoms with van der Waals surface area (Å²) in [6, 6.07) is 6.53. The Morgan fingerprint density at radius 2 is 2.18 bits per heavy atom. The van der Waals surface area contributed by atoms with E-state index in [-0.39, 0.29) is 23.6 Å². The highest BCUT2D eigenvalue weighted by atomic mass is 32.1. The van der Waals surface area contributed by atoms with Crippen LogP contribution >= 0.6 is 11.3 Å². The number of esters is 1. The first kappa shape index (κ1) is 15.8. The summed E-state index contributed by atoms with van der Waals surface area (Å²) in [6.45, 7) is 2.08. The van der Waals surface area contributed by atoms with Gasteiger partial charge in [-0.05, 0) is 19.1 Å². The van der Waals surface area contributed by atoms with Crippen LogP contribution in [0.4, 0.5) is 0 Å². The van der Waals surface area contributed by atoms with Crippen molar-refractivity contribution in [1.82, 2.24) is 4.57 Å². The maximum absolute atomic E-state index is 11.9. The van der Waals surface area contributed by atoms with Gasteiger partial charge in [-0.25, -0.2) is 0 Å². The molecule has 0 amide bonds. The lowest BCUT2D eigenvalue weighted by molar-refractivity contribution is -0.134. The van der Waals surface area contributed by atoms with Crippen LogP contribution in [0.2, 0.25) is 0 Å². The summed E-state index contributed by atoms with van der Waals surface area (Å²) in [4.78, 5) is 23.4. The van der Waals surface area contributed by atoms with Crippen molar-refractivity contribution in [3.8, 4) is 17.6 Å². The molecule has 0 saturated heterocycles. The van der Waals surface area contributed by atoms with Gasteiger partial charge in [-0.15, -0.1) is 0 Å². The summed E-state index contributed by atoms with van der Waals surface area (Å²) >= 11 is 1.10. The maximum atomic E-state index is 11.9. The van der Waals surface area contributed by atoms with Gasteiger partial charge in [0.15, 0.2) is 11.5 Å². The van der Waals surface area contributed by atoms with Gasteiger partial charge < -0.3 is 14.0 Å². The van der Waals surface area contributed by atoms with Gasteiger partial charge in [0.1, 0.15) is 0 Å². The van der Waals surface area contributed by atoms with E-state index in [9.17, 15) is 9.59 Å². The maximum Gasteiger partial charge on any atom is 0.313 e. The zero-order valence-corrected chi connectivity index (χ0v) is 13.0. The van der Waals surface area contributed by atoms with Gasteiger partial charge in [-0.2, -0.15) is 5.26 Å². The summed E-state index contributed by atoms with van der Waals surface area (Å²) in [6.07, 6.45) is 0.0701. The standard InChI is InChI=1S/C15H14N2O4S/c1-10-9-22-15(19)17(10)6-5-14(18)21-12-4-3-11(8-16)7-13(12)20-2/h3-4,7,9H,5-6H2,1-2H3. The van der Waals surface area contributed by atoms with Crippen molar-refractivity contribution < 1.29 is 14.3 Å². The van der Waals surface area contributed by atoms with Crippen LogP contribution in [0.1, 0.15) is 17.7 Å². The zero-order valence-electron chi connectivity index (χ0n) is 12.2. The number of hydrogen-bond acceptors (Lipinski definition) is 6. The van der Waals surface area contributed by atoms with Crippen molar-refractivity contribution in [1.29, 1.82) is 5.26 Å². The van der Waals surface area contributed by atoms with Crippen molar-refractivity contribution in [2.45, 2.75) is 19.9 Å². The average Bonchev–Trinajstić information content (AvgIpc) is 2.84. The molecule has 22 heavy (non-hydrogen) atoms. The molecule has 0 N–H and O–H groups in total. The van der Waals surface area contributed by atoms with E-state index in [0.29, 0.717) is 11.3 Å². The normalized spacial score (nSPS) is 10.0. The van der Waals surface area contributed by atoms with Gasteiger partial charge in [-0.1, -0.05) is 11.3 Å². The Labute approximate surface area is 131 Å². The number of thiazole rings is 1. The molecule has 0 bridgehead atoms. The molecule has 7 heteroatoms. The van der Waals surface area contributed by atoms with Gasteiger partial charge in [0.05, 0.1) is 25.2 Å². The van der Waals surface area contributed by atoms with E-state index in [1.54, 1.807) is 11.4 Å². The molecule has 0 aliphatic heterocycles. The number of aryl methyl sites for hydroxylation is 1. The van der Waals surface area contributed by atoms with Crippen LogP contribution < -0.4 is 14.3 Å². The third kappa shape index (κ3) is 3.54. The van der Waals surface area contributed by atoms with Crippen LogP contribution in [0.3, 0.4) is 0 Å². The van der Waals surface area contributed by atoms with Crippen molar-refractivity contribution in [3.63, 3.8) is 0 Å². The van der Waals surface area contributed by atoms with E-state index in [1.807, 2.05) is 13.0 Å². The quantitative estimate of drug-likeness (QED) is 0.623. The Bertz CT molecular complexity index is 786. The van der Waals surface area contributed by atoms with Crippen LogP contribution in [-0.4, -0.2) is 17.6 Å². The zero-order chi connectivity index (χ0) is 16.1. The second-order valence-electron chi connectivity index (χ2n) is 4.50. The summed E-state index contributed by atoms with van der Waals surface area (Å²) in [5.74, 6) is 0.0951. The van der Waals surface area contributed by atoms with Gasteiger partial charge in [0.25, 0.3) is 0 Å². The number of hydrogen-bond donors (Lipinski definition) is 0. The van der Waals surface area contributed by atoms with Gasteiger partial charge in [0.2, 0.25) is 0 Å². The lowest BCUT2D eigenvalue weighted by atomic mass is 10.2. The first-order chi connectivity index (χ1) is 10.5. The Kier molecular flexibility index (Phi) is 4.96. The molecule has 0 atom stereocenters. The highest BCUT2D eigenvalue weighted by Crippen LogP contribution is 2.28. The van der Waals surface area contributed by atoms with Crippen LogP contribution in [0, 0.1) is 18.3 Å². The lowest BCUT2D eigenvalue weighted by Crippen LogP contribution is -2.19. The first-order valence-corrected chi connectivity index (χ1v) is 7.37. The molecular weight excluding hydrogens is 304 g/mol. The van der Waals surface area contributed by atoms with Crippen LogP contribution in [0.25, 0.3) is 0 Å². The summed E-state index contributed by atoms with van der Waals surface area (Å²) in [5, 5.41) is 10.6. The number of carbonyl (C=O) groups is 1. The van der Waals surface area contributed by atoms with Gasteiger partial charge in [-0.3, -0.25) is 9.59 Å². The lowest BCUT2D eigenvalue weighted by Gasteiger charge is -2.09. The molecule has 0 aliphatic rings. The Hall–Kier alpha value is -2.59. The molecule has 0 spiro atoms. The fourth-order valence-corrected chi connectivity index (χ4v) is 2.63. The van der Waals surface area contributed by atoms with Gasteiger partial charge in [0, 0.05) is 23.7 Å². The largest absolute Gasteiger partial charge is 0.493 e. The third-order valence-corrected chi connectivity index (χ3v) is 3.91. The highest BCUT2D eigenvalue weighted by Gasteiger charge is 2.12. The van der Waals surface area contributed by atoms with Crippen molar-refractivity contribution in [3.05, 3.63) is 44.5 Å². The minimum absolute atomic E-state index is 0.0701. The van der Waals surface area contributed by atoms with Crippen LogP contribution in [0.15, 0.2) is 28.4 Å². The van der Waals surface area contributed by atoms with Crippen LogP contribution in [0.5, 0.6) is 11.5 Å². The van der Waals surface area contributed by atoms with E-state index in [0.717, 1.165) is 17.0 Å². The molecule has 0 radical (unpaired) electrons. The second kappa shape index (κ2) is 6.91. The Morgan fingerprint density at radius 3 is 2.77 bits per heavy atom. The highest BCUT2D eigenvalue weighted by molar-refractivity contribution is 7.07. The molecule has 0 fully saturated rings. The average molecular weight is 318 g/mol. The number of nitriles is 1. The van der Waals surface area contributed by atoms with E-state index >= 15 is 0 Å². The Morgan fingerprint density at radius 1 is 1.41 bits per heavy atom. The molecule has 1 aromatic carbocycles. The number of rotatable bonds is 5. The number of benzene rings is 1. The molecular formula is C15H14N2O4S. The Balaban J connectivity index is 2.04. The summed E-state index contributed by atoms with van der Waals surface area (Å²) in [7, 11) is 1.43. The molecule has 2 aromatic rings. The fourth-order valence-electron chi connectivity index (χ4n) is 1.87. The molecule has 0 saturated carbocycles. The number of aromatic nitrogens is 1. The minimum atomic E-state index is -0.472. The molecule has 114 valence electrons. The monoisotopic (exact) mass is 318 g/mol. The molecule has 2 rings (SSSR count). The smallest absolute Gasteiger partial charge is 0.313 e. The van der Waals surface area contributed by atoms with E-state index in [4.69, 9.17) is 14.7 Å². The predicted octanol–water partition coefficient (Wildman–Crippen LogP) is 2.09. The second-order valence-corrected chi connectivity index (χ2v) is 5.32. The van der Waals surface area contributed by atoms with Crippen LogP contribution in [-0.2, 0) is 11.3 Å². The molecule has 0 aliphatic carbocycles. The number of nitrogens with zero attached hydrogens (tertiary/aromatic N) is 2. The molecule has 0 unspecified atom stereocenters. The fraction of sp³-hybridized carbons (Fsp3) is 0.267. The van der Waals surface area contributed by atoms with E-state index < -0.39 is 5.97 Å². The predicted molar refractivity (Wildman–Crippen MR) is 81.3 cm³/mol. The van der Waals surface area contributed by atoms with E-state index in [2.05, 4.69) is 0 Å². The number of carbonyl (C=O) groups excluding carboxylic acids is 1. The van der Waals surface area contributed by atoms with Crippen molar-refractivity contribution in [2.24, 2.45) is 0 Å². The van der Waals surface area contributed by atoms with E-state index in [1.165, 1.54) is 23.8 Å². The summed E-state index contributed by atoms with van der Waals surface area (Å²) in [5.41, 5.74) is 1.23. The molecule has 1 aromatic heterocycles. The topological polar surface area (TPSA) is 81.3 Å². The third-order valence-electron chi connectivity index (χ3n) is 3.03. The number of ether oxygens (including phenoxy) is 2. The van der Waals surface area contributed by atoms with Crippen molar-refractivity contribution >= 4 is 17.3 Å². The minimum Gasteiger partial charge on any atom is -0.493 e. The first-order valence-electron chi connectivity index (χ1n) is 6.49. The number of methoxy groups -OCH3 is 1. The van der Waals surface area contributed by atoms with Crippen molar-refractivity contribution in [2.75, 3.05) is 7.11 Å². The van der Waals surface area contributed by atoms with Gasteiger partial charge >= 0.3 is 10.8 Å². The summed E-state index contributed by atoms with van der Waals surface area (Å²) < 4.78 is 11.9. The molecule has 6 nitrogen and oxygen atoms in total. The molecule has 1 heterocycles.